The van der Waals surface area contributed by atoms with Crippen molar-refractivity contribution < 1.29 is 0 Å². The Kier molecular flexibility index (Phi) is 4.31. The fourth-order valence-electron chi connectivity index (χ4n) is 1.85. The predicted molar refractivity (Wildman–Crippen MR) is 75.4 cm³/mol. The Morgan fingerprint density at radius 1 is 1.35 bits per heavy atom. The first-order valence-corrected chi connectivity index (χ1v) is 7.10. The average molecular weight is 249 g/mol. The molecule has 1 aromatic rings. The number of hydrogen-bond acceptors (Lipinski definition) is 2. The molecule has 0 spiro atoms. The van der Waals surface area contributed by atoms with Gasteiger partial charge in [0.1, 0.15) is 0 Å². The van der Waals surface area contributed by atoms with E-state index in [2.05, 4.69) is 28.9 Å². The van der Waals surface area contributed by atoms with E-state index in [9.17, 15) is 0 Å². The van der Waals surface area contributed by atoms with Crippen LogP contribution in [0.15, 0.2) is 29.3 Å². The average Bonchev–Trinajstić information content (AvgIpc) is 2.38. The Morgan fingerprint density at radius 2 is 2.06 bits per heavy atom. The van der Waals surface area contributed by atoms with Crippen LogP contribution >= 0.6 is 11.8 Å². The van der Waals surface area contributed by atoms with Crippen molar-refractivity contribution in [1.29, 1.82) is 0 Å². The van der Waals surface area contributed by atoms with Crippen molar-refractivity contribution in [3.8, 4) is 0 Å². The van der Waals surface area contributed by atoms with Crippen molar-refractivity contribution in [2.45, 2.75) is 13.5 Å². The Labute approximate surface area is 107 Å². The van der Waals surface area contributed by atoms with E-state index >= 15 is 0 Å². The quantitative estimate of drug-likeness (QED) is 0.642. The standard InChI is InChI=1S/C13H19N3S/c1-11-4-2-3-5-12(11)10-15-13(14)16-6-8-17-9-7-16/h2-5H,6-10H2,1H3,(H2,14,15). The summed E-state index contributed by atoms with van der Waals surface area (Å²) in [6.07, 6.45) is 0. The highest BCUT2D eigenvalue weighted by Crippen LogP contribution is 2.10. The first-order valence-electron chi connectivity index (χ1n) is 5.94. The second-order valence-electron chi connectivity index (χ2n) is 4.20. The van der Waals surface area contributed by atoms with Crippen LogP contribution in [0.5, 0.6) is 0 Å². The van der Waals surface area contributed by atoms with Crippen LogP contribution < -0.4 is 5.73 Å². The summed E-state index contributed by atoms with van der Waals surface area (Å²) >= 11 is 1.98. The number of benzene rings is 1. The van der Waals surface area contributed by atoms with Crippen molar-refractivity contribution in [3.05, 3.63) is 35.4 Å². The zero-order chi connectivity index (χ0) is 12.1. The SMILES string of the molecule is Cc1ccccc1CN=C(N)N1CCSCC1. The summed E-state index contributed by atoms with van der Waals surface area (Å²) in [6, 6.07) is 8.32. The van der Waals surface area contributed by atoms with Crippen LogP contribution in [0.2, 0.25) is 0 Å². The molecule has 3 nitrogen and oxygen atoms in total. The molecule has 0 radical (unpaired) electrons. The van der Waals surface area contributed by atoms with E-state index in [1.165, 1.54) is 11.1 Å². The minimum absolute atomic E-state index is 0.683. The Balaban J connectivity index is 1.97. The second kappa shape index (κ2) is 5.96. The summed E-state index contributed by atoms with van der Waals surface area (Å²) < 4.78 is 0. The molecule has 4 heteroatoms. The normalized spacial score (nSPS) is 17.2. The van der Waals surface area contributed by atoms with Crippen LogP contribution in [0.4, 0.5) is 0 Å². The number of nitrogens with zero attached hydrogens (tertiary/aromatic N) is 2. The highest BCUT2D eigenvalue weighted by Gasteiger charge is 2.11. The highest BCUT2D eigenvalue weighted by molar-refractivity contribution is 7.99. The molecular weight excluding hydrogens is 230 g/mol. The van der Waals surface area contributed by atoms with E-state index in [-0.39, 0.29) is 0 Å². The molecule has 17 heavy (non-hydrogen) atoms. The summed E-state index contributed by atoms with van der Waals surface area (Å²) in [4.78, 5) is 6.67. The molecule has 1 saturated heterocycles. The van der Waals surface area contributed by atoms with Crippen LogP contribution in [0.3, 0.4) is 0 Å². The molecule has 0 saturated carbocycles. The predicted octanol–water partition coefficient (Wildman–Crippen LogP) is 1.86. The molecule has 2 N–H and O–H groups in total. The van der Waals surface area contributed by atoms with Gasteiger partial charge in [-0.05, 0) is 18.1 Å². The van der Waals surface area contributed by atoms with E-state index in [0.29, 0.717) is 12.5 Å². The number of aryl methyl sites for hydroxylation is 1. The van der Waals surface area contributed by atoms with Crippen molar-refractivity contribution in [1.82, 2.24) is 4.90 Å². The van der Waals surface area contributed by atoms with E-state index < -0.39 is 0 Å². The number of guanidine groups is 1. The van der Waals surface area contributed by atoms with Crippen molar-refractivity contribution in [2.24, 2.45) is 10.7 Å². The van der Waals surface area contributed by atoms with Gasteiger partial charge in [-0.1, -0.05) is 24.3 Å². The minimum Gasteiger partial charge on any atom is -0.370 e. The van der Waals surface area contributed by atoms with E-state index in [0.717, 1.165) is 24.6 Å². The first-order chi connectivity index (χ1) is 8.27. The number of nitrogens with two attached hydrogens (primary N) is 1. The molecule has 1 fully saturated rings. The third-order valence-corrected chi connectivity index (χ3v) is 3.95. The molecule has 1 aliphatic rings. The van der Waals surface area contributed by atoms with Gasteiger partial charge in [-0.3, -0.25) is 0 Å². The van der Waals surface area contributed by atoms with Crippen molar-refractivity contribution in [3.63, 3.8) is 0 Å². The Morgan fingerprint density at radius 3 is 2.76 bits per heavy atom. The molecule has 92 valence electrons. The summed E-state index contributed by atoms with van der Waals surface area (Å²) in [6.45, 7) is 4.84. The summed E-state index contributed by atoms with van der Waals surface area (Å²) in [5.74, 6) is 3.00. The zero-order valence-corrected chi connectivity index (χ0v) is 11.0. The molecule has 0 bridgehead atoms. The monoisotopic (exact) mass is 249 g/mol. The molecule has 0 aliphatic carbocycles. The van der Waals surface area contributed by atoms with Gasteiger partial charge < -0.3 is 10.6 Å². The molecule has 1 aromatic carbocycles. The third-order valence-electron chi connectivity index (χ3n) is 3.01. The smallest absolute Gasteiger partial charge is 0.191 e. The van der Waals surface area contributed by atoms with E-state index in [1.807, 2.05) is 23.9 Å². The molecule has 0 unspecified atom stereocenters. The van der Waals surface area contributed by atoms with Crippen molar-refractivity contribution >= 4 is 17.7 Å². The number of thioether (sulfide) groups is 1. The number of hydrogen-bond donors (Lipinski definition) is 1. The molecule has 0 aromatic heterocycles. The maximum absolute atomic E-state index is 6.01. The van der Waals surface area contributed by atoms with Crippen LogP contribution in [-0.2, 0) is 6.54 Å². The fraction of sp³-hybridized carbons (Fsp3) is 0.462. The Bertz CT molecular complexity index is 397. The van der Waals surface area contributed by atoms with Gasteiger partial charge in [0.2, 0.25) is 0 Å². The van der Waals surface area contributed by atoms with E-state index in [4.69, 9.17) is 5.73 Å². The molecule has 1 heterocycles. The van der Waals surface area contributed by atoms with Crippen LogP contribution in [0.25, 0.3) is 0 Å². The molecule has 0 amide bonds. The molecule has 2 rings (SSSR count). The van der Waals surface area contributed by atoms with Gasteiger partial charge >= 0.3 is 0 Å². The zero-order valence-electron chi connectivity index (χ0n) is 10.2. The van der Waals surface area contributed by atoms with Gasteiger partial charge in [0, 0.05) is 24.6 Å². The fourth-order valence-corrected chi connectivity index (χ4v) is 2.75. The number of rotatable bonds is 2. The first kappa shape index (κ1) is 12.3. The number of aliphatic imine (C=N–C) groups is 1. The lowest BCUT2D eigenvalue weighted by molar-refractivity contribution is 0.455. The van der Waals surface area contributed by atoms with Gasteiger partial charge in [-0.25, -0.2) is 4.99 Å². The van der Waals surface area contributed by atoms with Crippen molar-refractivity contribution in [2.75, 3.05) is 24.6 Å². The van der Waals surface area contributed by atoms with Gasteiger partial charge in [0.15, 0.2) is 5.96 Å². The maximum atomic E-state index is 6.01. The summed E-state index contributed by atoms with van der Waals surface area (Å²) in [5.41, 5.74) is 8.54. The van der Waals surface area contributed by atoms with Crippen LogP contribution in [-0.4, -0.2) is 35.5 Å². The topological polar surface area (TPSA) is 41.6 Å². The van der Waals surface area contributed by atoms with Crippen LogP contribution in [0.1, 0.15) is 11.1 Å². The lowest BCUT2D eigenvalue weighted by Crippen LogP contribution is -2.42. The third kappa shape index (κ3) is 3.40. The largest absolute Gasteiger partial charge is 0.370 e. The van der Waals surface area contributed by atoms with Gasteiger partial charge in [0.05, 0.1) is 6.54 Å². The van der Waals surface area contributed by atoms with Crippen LogP contribution in [0, 0.1) is 6.92 Å². The molecule has 1 aliphatic heterocycles. The summed E-state index contributed by atoms with van der Waals surface area (Å²) in [7, 11) is 0. The molecular formula is C13H19N3S. The highest BCUT2D eigenvalue weighted by atomic mass is 32.2. The minimum atomic E-state index is 0.683. The second-order valence-corrected chi connectivity index (χ2v) is 5.43. The van der Waals surface area contributed by atoms with Gasteiger partial charge in [-0.2, -0.15) is 11.8 Å². The van der Waals surface area contributed by atoms with Gasteiger partial charge in [0.25, 0.3) is 0 Å². The lowest BCUT2D eigenvalue weighted by atomic mass is 10.1. The van der Waals surface area contributed by atoms with Gasteiger partial charge in [-0.15, -0.1) is 0 Å². The lowest BCUT2D eigenvalue weighted by Gasteiger charge is -2.27. The Hall–Kier alpha value is -1.16. The maximum Gasteiger partial charge on any atom is 0.191 e. The summed E-state index contributed by atoms with van der Waals surface area (Å²) in [5, 5.41) is 0. The molecule has 0 atom stereocenters. The van der Waals surface area contributed by atoms with E-state index in [1.54, 1.807) is 0 Å².